The molecule has 31 heavy (non-hydrogen) atoms. The average molecular weight is 434 g/mol. The Kier molecular flexibility index (Phi) is 5.86. The zero-order valence-corrected chi connectivity index (χ0v) is 17.9. The van der Waals surface area contributed by atoms with Gasteiger partial charge in [-0.25, -0.2) is 9.37 Å². The fraction of sp³-hybridized carbons (Fsp3) is 0.125. The monoisotopic (exact) mass is 433 g/mol. The number of nitrogens with zero attached hydrogens (tertiary/aromatic N) is 3. The van der Waals surface area contributed by atoms with Gasteiger partial charge >= 0.3 is 0 Å². The molecule has 0 saturated heterocycles. The molecule has 0 aliphatic rings. The lowest BCUT2D eigenvalue weighted by Gasteiger charge is -2.14. The van der Waals surface area contributed by atoms with Crippen LogP contribution in [0.5, 0.6) is 0 Å². The Morgan fingerprint density at radius 1 is 1.03 bits per heavy atom. The molecule has 0 fully saturated rings. The van der Waals surface area contributed by atoms with Crippen LogP contribution in [-0.4, -0.2) is 34.5 Å². The molecule has 0 aliphatic heterocycles. The molecule has 4 aromatic rings. The van der Waals surface area contributed by atoms with Crippen LogP contribution in [0.2, 0.25) is 0 Å². The second-order valence-electron chi connectivity index (χ2n) is 7.19. The second kappa shape index (κ2) is 8.73. The number of rotatable bonds is 5. The summed E-state index contributed by atoms with van der Waals surface area (Å²) in [6, 6.07) is 20.5. The highest BCUT2D eigenvalue weighted by molar-refractivity contribution is 7.98. The van der Waals surface area contributed by atoms with Crippen LogP contribution in [0.3, 0.4) is 0 Å². The quantitative estimate of drug-likeness (QED) is 0.343. The summed E-state index contributed by atoms with van der Waals surface area (Å²) < 4.78 is 15.9. The summed E-state index contributed by atoms with van der Waals surface area (Å²) in [5.74, 6) is -0.116. The first-order valence-electron chi connectivity index (χ1n) is 9.66. The van der Waals surface area contributed by atoms with E-state index < -0.39 is 5.82 Å². The number of amides is 1. The van der Waals surface area contributed by atoms with Gasteiger partial charge in [0.2, 0.25) is 0 Å². The van der Waals surface area contributed by atoms with Gasteiger partial charge in [-0.15, -0.1) is 0 Å². The number of aromatic nitrogens is 2. The Hall–Kier alpha value is -3.45. The molecule has 156 valence electrons. The summed E-state index contributed by atoms with van der Waals surface area (Å²) in [5.41, 5.74) is 1.87. The summed E-state index contributed by atoms with van der Waals surface area (Å²) in [6.45, 7) is 0. The van der Waals surface area contributed by atoms with Gasteiger partial charge in [0.15, 0.2) is 5.16 Å². The van der Waals surface area contributed by atoms with E-state index in [4.69, 9.17) is 0 Å². The Bertz CT molecular complexity index is 1330. The molecule has 1 amide bonds. The van der Waals surface area contributed by atoms with Gasteiger partial charge in [-0.1, -0.05) is 48.2 Å². The largest absolute Gasteiger partial charge is 0.345 e. The van der Waals surface area contributed by atoms with Crippen molar-refractivity contribution in [2.75, 3.05) is 14.1 Å². The highest BCUT2D eigenvalue weighted by atomic mass is 32.2. The summed E-state index contributed by atoms with van der Waals surface area (Å²) in [5, 5.41) is 0.812. The number of carbonyl (C=O) groups is 1. The first kappa shape index (κ1) is 20.8. The van der Waals surface area contributed by atoms with Crippen LogP contribution < -0.4 is 5.56 Å². The van der Waals surface area contributed by atoms with E-state index in [0.29, 0.717) is 27.4 Å². The average Bonchev–Trinajstić information content (AvgIpc) is 2.78. The molecule has 0 atom stereocenters. The first-order valence-corrected chi connectivity index (χ1v) is 10.6. The van der Waals surface area contributed by atoms with Crippen LogP contribution in [0.15, 0.2) is 82.7 Å². The zero-order chi connectivity index (χ0) is 22.0. The maximum atomic E-state index is 14.6. The van der Waals surface area contributed by atoms with Gasteiger partial charge in [0.1, 0.15) is 5.82 Å². The second-order valence-corrected chi connectivity index (χ2v) is 8.13. The molecular weight excluding hydrogens is 413 g/mol. The molecule has 0 aliphatic carbocycles. The van der Waals surface area contributed by atoms with Gasteiger partial charge in [0, 0.05) is 25.4 Å². The normalized spacial score (nSPS) is 10.9. The van der Waals surface area contributed by atoms with Crippen LogP contribution in [0.1, 0.15) is 15.9 Å². The molecule has 0 unspecified atom stereocenters. The summed E-state index contributed by atoms with van der Waals surface area (Å²) >= 11 is 1.32. The van der Waals surface area contributed by atoms with E-state index in [2.05, 4.69) is 4.98 Å². The first-order chi connectivity index (χ1) is 15.0. The highest BCUT2D eigenvalue weighted by Gasteiger charge is 2.16. The van der Waals surface area contributed by atoms with Crippen LogP contribution in [0, 0.1) is 5.82 Å². The van der Waals surface area contributed by atoms with E-state index in [-0.39, 0.29) is 17.2 Å². The SMILES string of the molecule is CN(C)C(=O)c1cccc(CSc2nc3ccccc3c(=O)n2-c2ccccc2F)c1. The lowest BCUT2D eigenvalue weighted by Crippen LogP contribution is -2.22. The molecule has 1 aromatic heterocycles. The molecule has 0 spiro atoms. The van der Waals surface area contributed by atoms with Crippen molar-refractivity contribution in [3.05, 3.63) is 100 Å². The van der Waals surface area contributed by atoms with Gasteiger partial charge in [0.05, 0.1) is 16.6 Å². The van der Waals surface area contributed by atoms with Crippen molar-refractivity contribution in [2.45, 2.75) is 10.9 Å². The van der Waals surface area contributed by atoms with Crippen molar-refractivity contribution in [2.24, 2.45) is 0 Å². The smallest absolute Gasteiger partial charge is 0.266 e. The van der Waals surface area contributed by atoms with Crippen molar-refractivity contribution < 1.29 is 9.18 Å². The predicted molar refractivity (Wildman–Crippen MR) is 121 cm³/mol. The molecule has 0 saturated carbocycles. The van der Waals surface area contributed by atoms with E-state index >= 15 is 0 Å². The third kappa shape index (κ3) is 4.22. The number of hydrogen-bond donors (Lipinski definition) is 0. The fourth-order valence-corrected chi connectivity index (χ4v) is 4.20. The van der Waals surface area contributed by atoms with Crippen molar-refractivity contribution in [1.29, 1.82) is 0 Å². The van der Waals surface area contributed by atoms with Gasteiger partial charge in [-0.2, -0.15) is 0 Å². The lowest BCUT2D eigenvalue weighted by atomic mass is 10.1. The Morgan fingerprint density at radius 3 is 2.55 bits per heavy atom. The summed E-state index contributed by atoms with van der Waals surface area (Å²) in [6.07, 6.45) is 0. The minimum absolute atomic E-state index is 0.0843. The third-order valence-corrected chi connectivity index (χ3v) is 5.80. The number of para-hydroxylation sites is 2. The topological polar surface area (TPSA) is 55.2 Å². The minimum atomic E-state index is -0.498. The van der Waals surface area contributed by atoms with Crippen LogP contribution in [0.25, 0.3) is 16.6 Å². The predicted octanol–water partition coefficient (Wildman–Crippen LogP) is 4.52. The molecule has 4 rings (SSSR count). The molecule has 0 bridgehead atoms. The zero-order valence-electron chi connectivity index (χ0n) is 17.1. The molecule has 3 aromatic carbocycles. The van der Waals surface area contributed by atoms with Gasteiger partial charge in [-0.3, -0.25) is 14.2 Å². The van der Waals surface area contributed by atoms with E-state index in [1.54, 1.807) is 56.6 Å². The van der Waals surface area contributed by atoms with Gasteiger partial charge in [0.25, 0.3) is 11.5 Å². The fourth-order valence-electron chi connectivity index (χ4n) is 3.25. The van der Waals surface area contributed by atoms with Crippen molar-refractivity contribution in [3.63, 3.8) is 0 Å². The van der Waals surface area contributed by atoms with Crippen LogP contribution >= 0.6 is 11.8 Å². The molecular formula is C24H20FN3O2S. The number of carbonyl (C=O) groups excluding carboxylic acids is 1. The standard InChI is InChI=1S/C24H20FN3O2S/c1-27(2)22(29)17-9-7-8-16(14-17)15-31-24-26-20-12-5-3-10-18(20)23(30)28(24)21-13-6-4-11-19(21)25/h3-14H,15H2,1-2H3. The third-order valence-electron chi connectivity index (χ3n) is 4.79. The van der Waals surface area contributed by atoms with Crippen LogP contribution in [0.4, 0.5) is 4.39 Å². The molecule has 0 radical (unpaired) electrons. The number of thioether (sulfide) groups is 1. The van der Waals surface area contributed by atoms with Crippen LogP contribution in [-0.2, 0) is 5.75 Å². The molecule has 1 heterocycles. The van der Waals surface area contributed by atoms with E-state index in [9.17, 15) is 14.0 Å². The number of halogens is 1. The maximum absolute atomic E-state index is 14.6. The van der Waals surface area contributed by atoms with Gasteiger partial charge in [-0.05, 0) is 42.0 Å². The van der Waals surface area contributed by atoms with Crippen molar-refractivity contribution in [1.82, 2.24) is 14.5 Å². The molecule has 5 nitrogen and oxygen atoms in total. The Balaban J connectivity index is 1.77. The summed E-state index contributed by atoms with van der Waals surface area (Å²) in [4.78, 5) is 31.6. The summed E-state index contributed by atoms with van der Waals surface area (Å²) in [7, 11) is 3.41. The van der Waals surface area contributed by atoms with E-state index in [1.165, 1.54) is 27.3 Å². The Labute approximate surface area is 183 Å². The number of hydrogen-bond acceptors (Lipinski definition) is 4. The minimum Gasteiger partial charge on any atom is -0.345 e. The number of fused-ring (bicyclic) bond motifs is 1. The molecule has 7 heteroatoms. The van der Waals surface area contributed by atoms with Crippen molar-refractivity contribution >= 4 is 28.6 Å². The molecule has 0 N–H and O–H groups in total. The lowest BCUT2D eigenvalue weighted by molar-refractivity contribution is 0.0827. The number of benzene rings is 3. The highest BCUT2D eigenvalue weighted by Crippen LogP contribution is 2.26. The van der Waals surface area contributed by atoms with E-state index in [1.807, 2.05) is 24.3 Å². The van der Waals surface area contributed by atoms with Crippen molar-refractivity contribution in [3.8, 4) is 5.69 Å². The maximum Gasteiger partial charge on any atom is 0.266 e. The van der Waals surface area contributed by atoms with E-state index in [0.717, 1.165) is 5.56 Å². The Morgan fingerprint density at radius 2 is 1.77 bits per heavy atom. The van der Waals surface area contributed by atoms with Gasteiger partial charge < -0.3 is 4.90 Å².